The van der Waals surface area contributed by atoms with Crippen LogP contribution in [0.15, 0.2) is 0 Å². The summed E-state index contributed by atoms with van der Waals surface area (Å²) in [6, 6.07) is 0. The zero-order valence-corrected chi connectivity index (χ0v) is 7.05. The zero-order chi connectivity index (χ0) is 5.91. The maximum atomic E-state index is 6.04. The molecule has 7 heavy (non-hydrogen) atoms. The van der Waals surface area contributed by atoms with Crippen LogP contribution in [-0.4, -0.2) is 19.0 Å². The van der Waals surface area contributed by atoms with E-state index in [2.05, 4.69) is 20.5 Å². The molecule has 0 fully saturated rings. The molecule has 0 radical (unpaired) electrons. The molecule has 0 N–H and O–H groups in total. The molecule has 0 nitrogen and oxygen atoms in total. The normalized spacial score (nSPS) is 14.3. The maximum absolute atomic E-state index is 6.04. The van der Waals surface area contributed by atoms with E-state index in [4.69, 9.17) is 11.2 Å². The molecule has 0 bridgehead atoms. The van der Waals surface area contributed by atoms with Crippen molar-refractivity contribution in [2.45, 2.75) is 13.8 Å². The Labute approximate surface area is 51.4 Å². The van der Waals surface area contributed by atoms with Crippen molar-refractivity contribution in [1.29, 1.82) is 0 Å². The Morgan fingerprint density at radius 2 is 1.57 bits per heavy atom. The topological polar surface area (TPSA) is 0 Å². The van der Waals surface area contributed by atoms with E-state index in [1.165, 1.54) is 12.3 Å². The Morgan fingerprint density at radius 1 is 1.29 bits per heavy atom. The van der Waals surface area contributed by atoms with Crippen molar-refractivity contribution in [3.63, 3.8) is 0 Å². The van der Waals surface area contributed by atoms with Gasteiger partial charge >= 0.3 is 50.7 Å². The standard InChI is InChI=1S/C5H14ClP/c1-4-7(3,6)5-2/h7H,4-5H2,1-3H3. The summed E-state index contributed by atoms with van der Waals surface area (Å²) in [5, 5.41) is 0. The Balaban J connectivity index is 3.36. The minimum atomic E-state index is -1.18. The van der Waals surface area contributed by atoms with E-state index >= 15 is 0 Å². The van der Waals surface area contributed by atoms with E-state index in [0.29, 0.717) is 0 Å². The van der Waals surface area contributed by atoms with E-state index in [1.807, 2.05) is 0 Å². The fourth-order valence-electron chi connectivity index (χ4n) is 0.250. The van der Waals surface area contributed by atoms with Gasteiger partial charge in [0.15, 0.2) is 0 Å². The Morgan fingerprint density at radius 3 is 1.57 bits per heavy atom. The monoisotopic (exact) mass is 140 g/mol. The average molecular weight is 141 g/mol. The third-order valence-electron chi connectivity index (χ3n) is 1.47. The van der Waals surface area contributed by atoms with Crippen LogP contribution in [0.4, 0.5) is 0 Å². The second-order valence-corrected chi connectivity index (χ2v) is 9.10. The van der Waals surface area contributed by atoms with Crippen LogP contribution in [-0.2, 0) is 0 Å². The summed E-state index contributed by atoms with van der Waals surface area (Å²) in [6.45, 7) is 5.36. The first-order chi connectivity index (χ1) is 3.12. The summed E-state index contributed by atoms with van der Waals surface area (Å²) >= 11 is 6.04. The summed E-state index contributed by atoms with van der Waals surface area (Å²) in [6.07, 6.45) is 2.40. The van der Waals surface area contributed by atoms with Crippen molar-refractivity contribution in [2.24, 2.45) is 0 Å². The van der Waals surface area contributed by atoms with Gasteiger partial charge in [-0.05, 0) is 0 Å². The van der Waals surface area contributed by atoms with Gasteiger partial charge in [-0.2, -0.15) is 0 Å². The summed E-state index contributed by atoms with van der Waals surface area (Å²) in [5.74, 6) is 0. The van der Waals surface area contributed by atoms with Crippen molar-refractivity contribution in [2.75, 3.05) is 19.0 Å². The third-order valence-corrected chi connectivity index (χ3v) is 6.03. The molecule has 2 heteroatoms. The molecular formula is C5H14ClP. The molecule has 0 aromatic rings. The van der Waals surface area contributed by atoms with E-state index in [1.54, 1.807) is 0 Å². The van der Waals surface area contributed by atoms with Crippen LogP contribution in [0.25, 0.3) is 0 Å². The number of halogens is 1. The van der Waals surface area contributed by atoms with Crippen molar-refractivity contribution in [3.8, 4) is 0 Å². The number of hydrogen-bond donors (Lipinski definition) is 0. The fourth-order valence-corrected chi connectivity index (χ4v) is 0.750. The molecule has 0 aromatic carbocycles. The quantitative estimate of drug-likeness (QED) is 0.518. The van der Waals surface area contributed by atoms with E-state index in [9.17, 15) is 0 Å². The van der Waals surface area contributed by atoms with Crippen molar-refractivity contribution < 1.29 is 0 Å². The molecule has 0 atom stereocenters. The van der Waals surface area contributed by atoms with Gasteiger partial charge in [-0.1, -0.05) is 0 Å². The molecule has 0 saturated heterocycles. The Bertz CT molecular complexity index is 46.0. The second-order valence-electron chi connectivity index (χ2n) is 2.12. The Hall–Kier alpha value is 0.720. The van der Waals surface area contributed by atoms with Gasteiger partial charge in [0, 0.05) is 0 Å². The Kier molecular flexibility index (Phi) is 3.19. The van der Waals surface area contributed by atoms with Gasteiger partial charge in [-0.25, -0.2) is 0 Å². The van der Waals surface area contributed by atoms with Gasteiger partial charge in [0.25, 0.3) is 0 Å². The van der Waals surface area contributed by atoms with E-state index in [-0.39, 0.29) is 0 Å². The number of rotatable bonds is 2. The van der Waals surface area contributed by atoms with Crippen LogP contribution < -0.4 is 0 Å². The first-order valence-corrected chi connectivity index (χ1v) is 6.74. The average Bonchev–Trinajstić information content (AvgIpc) is 1.68. The van der Waals surface area contributed by atoms with Gasteiger partial charge < -0.3 is 0 Å². The van der Waals surface area contributed by atoms with E-state index in [0.717, 1.165) is 0 Å². The molecule has 0 rings (SSSR count). The summed E-state index contributed by atoms with van der Waals surface area (Å²) in [4.78, 5) is 0. The minimum absolute atomic E-state index is 1.18. The van der Waals surface area contributed by atoms with Crippen molar-refractivity contribution >= 4 is 17.9 Å². The molecule has 0 unspecified atom stereocenters. The van der Waals surface area contributed by atoms with Gasteiger partial charge in [0.2, 0.25) is 0 Å². The summed E-state index contributed by atoms with van der Waals surface area (Å²) < 4.78 is 0. The first-order valence-electron chi connectivity index (χ1n) is 2.81. The predicted octanol–water partition coefficient (Wildman–Crippen LogP) is 2.56. The third kappa shape index (κ3) is 3.32. The molecule has 0 saturated carbocycles. The molecule has 0 aliphatic carbocycles. The first kappa shape index (κ1) is 7.72. The summed E-state index contributed by atoms with van der Waals surface area (Å²) in [5.41, 5.74) is 0. The van der Waals surface area contributed by atoms with E-state index < -0.39 is 6.62 Å². The van der Waals surface area contributed by atoms with Crippen LogP contribution in [0.3, 0.4) is 0 Å². The van der Waals surface area contributed by atoms with Crippen molar-refractivity contribution in [1.82, 2.24) is 0 Å². The second kappa shape index (κ2) is 2.89. The summed E-state index contributed by atoms with van der Waals surface area (Å²) in [7, 11) is 0. The molecule has 0 aliphatic rings. The van der Waals surface area contributed by atoms with Crippen LogP contribution >= 0.6 is 17.9 Å². The van der Waals surface area contributed by atoms with Gasteiger partial charge in [0.1, 0.15) is 0 Å². The number of hydrogen-bond acceptors (Lipinski definition) is 0. The molecule has 0 aliphatic heterocycles. The zero-order valence-electron chi connectivity index (χ0n) is 5.29. The molecular weight excluding hydrogens is 126 g/mol. The SMILES string of the molecule is CC[PH](C)(Cl)CC. The van der Waals surface area contributed by atoms with Crippen LogP contribution in [0, 0.1) is 0 Å². The van der Waals surface area contributed by atoms with Crippen LogP contribution in [0.2, 0.25) is 0 Å². The van der Waals surface area contributed by atoms with Gasteiger partial charge in [0.05, 0.1) is 0 Å². The fraction of sp³-hybridized carbons (Fsp3) is 1.00. The molecule has 0 aromatic heterocycles. The molecule has 46 valence electrons. The van der Waals surface area contributed by atoms with Gasteiger partial charge in [-0.3, -0.25) is 0 Å². The van der Waals surface area contributed by atoms with Crippen LogP contribution in [0.5, 0.6) is 0 Å². The van der Waals surface area contributed by atoms with Crippen molar-refractivity contribution in [3.05, 3.63) is 0 Å². The predicted molar refractivity (Wildman–Crippen MR) is 41.2 cm³/mol. The van der Waals surface area contributed by atoms with Gasteiger partial charge in [-0.15, -0.1) is 0 Å². The van der Waals surface area contributed by atoms with Crippen LogP contribution in [0.1, 0.15) is 13.8 Å². The molecule has 0 amide bonds. The molecule has 0 spiro atoms. The molecule has 0 heterocycles.